The fraction of sp³-hybridized carbons (Fsp3) is 0.333. The molecular weight excluding hydrogens is 310 g/mol. The molecule has 4 nitrogen and oxygen atoms in total. The molecule has 0 aliphatic carbocycles. The van der Waals surface area contributed by atoms with E-state index in [4.69, 9.17) is 4.84 Å². The van der Waals surface area contributed by atoms with Gasteiger partial charge in [-0.15, -0.1) is 0 Å². The molecule has 0 amide bonds. The van der Waals surface area contributed by atoms with Crippen LogP contribution in [-0.4, -0.2) is 19.1 Å². The zero-order chi connectivity index (χ0) is 17.0. The van der Waals surface area contributed by atoms with E-state index in [0.29, 0.717) is 0 Å². The van der Waals surface area contributed by atoms with E-state index in [9.17, 15) is 8.42 Å². The minimum atomic E-state index is -3.46. The molecule has 0 bridgehead atoms. The maximum Gasteiger partial charge on any atom is 0.233 e. The zero-order valence-electron chi connectivity index (χ0n) is 14.0. The maximum absolute atomic E-state index is 12.0. The Labute approximate surface area is 138 Å². The molecule has 0 aromatic heterocycles. The van der Waals surface area contributed by atoms with Crippen LogP contribution in [0.25, 0.3) is 0 Å². The third-order valence-corrected chi connectivity index (χ3v) is 4.69. The van der Waals surface area contributed by atoms with Crippen LogP contribution in [0.5, 0.6) is 0 Å². The SMILES string of the molecule is Cc1cc(C)c(CON(Cc2ccccc2)S(C)(=O)=O)c(C)c1. The summed E-state index contributed by atoms with van der Waals surface area (Å²) in [6.45, 7) is 6.51. The second kappa shape index (κ2) is 7.25. The van der Waals surface area contributed by atoms with Crippen molar-refractivity contribution in [3.8, 4) is 0 Å². The van der Waals surface area contributed by atoms with Gasteiger partial charge in [0.05, 0.1) is 19.4 Å². The van der Waals surface area contributed by atoms with Gasteiger partial charge in [0, 0.05) is 0 Å². The molecule has 0 aliphatic rings. The number of benzene rings is 2. The summed E-state index contributed by atoms with van der Waals surface area (Å²) in [6.07, 6.45) is 1.16. The summed E-state index contributed by atoms with van der Waals surface area (Å²) in [4.78, 5) is 5.64. The molecule has 2 rings (SSSR count). The Morgan fingerprint density at radius 3 is 2.09 bits per heavy atom. The van der Waals surface area contributed by atoms with E-state index in [1.54, 1.807) is 0 Å². The molecular formula is C18H23NO3S. The zero-order valence-corrected chi connectivity index (χ0v) is 14.9. The van der Waals surface area contributed by atoms with Gasteiger partial charge in [-0.25, -0.2) is 8.42 Å². The molecule has 0 aliphatic heterocycles. The molecule has 0 spiro atoms. The van der Waals surface area contributed by atoms with Gasteiger partial charge in [0.15, 0.2) is 0 Å². The van der Waals surface area contributed by atoms with Crippen molar-refractivity contribution in [3.63, 3.8) is 0 Å². The lowest BCUT2D eigenvalue weighted by Gasteiger charge is -2.21. The molecule has 0 unspecified atom stereocenters. The quantitative estimate of drug-likeness (QED) is 0.760. The summed E-state index contributed by atoms with van der Waals surface area (Å²) in [6, 6.07) is 13.6. The highest BCUT2D eigenvalue weighted by Crippen LogP contribution is 2.19. The molecule has 2 aromatic rings. The van der Waals surface area contributed by atoms with E-state index >= 15 is 0 Å². The molecule has 0 N–H and O–H groups in total. The van der Waals surface area contributed by atoms with Crippen molar-refractivity contribution < 1.29 is 13.3 Å². The lowest BCUT2D eigenvalue weighted by molar-refractivity contribution is -0.102. The summed E-state index contributed by atoms with van der Waals surface area (Å²) in [7, 11) is -3.46. The standard InChI is InChI=1S/C18H23NO3S/c1-14-10-15(2)18(16(3)11-14)13-22-19(23(4,20)21)12-17-8-6-5-7-9-17/h5-11H,12-13H2,1-4H3. The maximum atomic E-state index is 12.0. The van der Waals surface area contributed by atoms with Crippen molar-refractivity contribution in [2.45, 2.75) is 33.9 Å². The number of hydrogen-bond acceptors (Lipinski definition) is 3. The van der Waals surface area contributed by atoms with E-state index < -0.39 is 10.0 Å². The molecule has 0 atom stereocenters. The molecule has 0 radical (unpaired) electrons. The van der Waals surface area contributed by atoms with E-state index in [0.717, 1.165) is 33.0 Å². The van der Waals surface area contributed by atoms with Gasteiger partial charge in [-0.3, -0.25) is 4.84 Å². The summed E-state index contributed by atoms with van der Waals surface area (Å²) in [5.74, 6) is 0. The highest BCUT2D eigenvalue weighted by atomic mass is 32.2. The van der Waals surface area contributed by atoms with Crippen LogP contribution >= 0.6 is 0 Å². The topological polar surface area (TPSA) is 46.6 Å². The molecule has 0 fully saturated rings. The van der Waals surface area contributed by atoms with Crippen LogP contribution in [0.2, 0.25) is 0 Å². The van der Waals surface area contributed by atoms with Crippen LogP contribution < -0.4 is 0 Å². The molecule has 0 saturated carbocycles. The van der Waals surface area contributed by atoms with E-state index in [2.05, 4.69) is 12.1 Å². The van der Waals surface area contributed by atoms with Crippen LogP contribution in [0.1, 0.15) is 27.8 Å². The number of sulfonamides is 1. The van der Waals surface area contributed by atoms with Crippen molar-refractivity contribution in [3.05, 3.63) is 70.3 Å². The Morgan fingerprint density at radius 2 is 1.57 bits per heavy atom. The van der Waals surface area contributed by atoms with Gasteiger partial charge in [-0.1, -0.05) is 52.5 Å². The third kappa shape index (κ3) is 4.89. The van der Waals surface area contributed by atoms with Gasteiger partial charge in [-0.05, 0) is 43.0 Å². The Balaban J connectivity index is 2.17. The van der Waals surface area contributed by atoms with Gasteiger partial charge in [0.1, 0.15) is 0 Å². The van der Waals surface area contributed by atoms with Crippen molar-refractivity contribution in [1.29, 1.82) is 0 Å². The minimum Gasteiger partial charge on any atom is -0.279 e. The van der Waals surface area contributed by atoms with Crippen molar-refractivity contribution in [2.24, 2.45) is 0 Å². The minimum absolute atomic E-state index is 0.198. The molecule has 0 heterocycles. The van der Waals surface area contributed by atoms with Crippen molar-refractivity contribution >= 4 is 10.0 Å². The highest BCUT2D eigenvalue weighted by molar-refractivity contribution is 7.88. The predicted molar refractivity (Wildman–Crippen MR) is 92.3 cm³/mol. The molecule has 0 saturated heterocycles. The number of aryl methyl sites for hydroxylation is 3. The Kier molecular flexibility index (Phi) is 5.57. The molecule has 23 heavy (non-hydrogen) atoms. The first-order valence-electron chi connectivity index (χ1n) is 7.48. The smallest absolute Gasteiger partial charge is 0.233 e. The van der Waals surface area contributed by atoms with Crippen molar-refractivity contribution in [2.75, 3.05) is 6.26 Å². The van der Waals surface area contributed by atoms with Gasteiger partial charge in [0.2, 0.25) is 10.0 Å². The second-order valence-electron chi connectivity index (χ2n) is 5.86. The van der Waals surface area contributed by atoms with Gasteiger partial charge in [0.25, 0.3) is 0 Å². The first kappa shape index (κ1) is 17.7. The van der Waals surface area contributed by atoms with E-state index in [-0.39, 0.29) is 13.2 Å². The summed E-state index contributed by atoms with van der Waals surface area (Å²) in [5.41, 5.74) is 5.31. The van der Waals surface area contributed by atoms with Crippen LogP contribution in [-0.2, 0) is 28.0 Å². The lowest BCUT2D eigenvalue weighted by Crippen LogP contribution is -2.29. The predicted octanol–water partition coefficient (Wildman–Crippen LogP) is 3.51. The van der Waals surface area contributed by atoms with Crippen LogP contribution in [0.15, 0.2) is 42.5 Å². The molecule has 2 aromatic carbocycles. The summed E-state index contributed by atoms with van der Waals surface area (Å²) < 4.78 is 25.0. The Bertz CT molecular complexity index is 747. The van der Waals surface area contributed by atoms with Gasteiger partial charge in [-0.2, -0.15) is 0 Å². The first-order valence-corrected chi connectivity index (χ1v) is 9.33. The van der Waals surface area contributed by atoms with E-state index in [1.807, 2.05) is 51.1 Å². The van der Waals surface area contributed by atoms with Crippen molar-refractivity contribution in [1.82, 2.24) is 4.47 Å². The average molecular weight is 333 g/mol. The summed E-state index contributed by atoms with van der Waals surface area (Å²) in [5, 5.41) is 0. The van der Waals surface area contributed by atoms with Crippen LogP contribution in [0, 0.1) is 20.8 Å². The van der Waals surface area contributed by atoms with Crippen LogP contribution in [0.3, 0.4) is 0 Å². The number of hydroxylamine groups is 1. The third-order valence-electron chi connectivity index (χ3n) is 3.72. The first-order chi connectivity index (χ1) is 10.8. The van der Waals surface area contributed by atoms with Crippen LogP contribution in [0.4, 0.5) is 0 Å². The fourth-order valence-electron chi connectivity index (χ4n) is 2.57. The lowest BCUT2D eigenvalue weighted by atomic mass is 10.0. The number of hydrogen-bond donors (Lipinski definition) is 0. The number of rotatable bonds is 6. The Hall–Kier alpha value is -1.69. The normalized spacial score (nSPS) is 11.9. The second-order valence-corrected chi connectivity index (χ2v) is 7.73. The summed E-state index contributed by atoms with van der Waals surface area (Å²) >= 11 is 0. The highest BCUT2D eigenvalue weighted by Gasteiger charge is 2.19. The number of nitrogens with zero attached hydrogens (tertiary/aromatic N) is 1. The molecule has 5 heteroatoms. The van der Waals surface area contributed by atoms with Gasteiger partial charge < -0.3 is 0 Å². The Morgan fingerprint density at radius 1 is 1.00 bits per heavy atom. The molecule has 124 valence electrons. The largest absolute Gasteiger partial charge is 0.279 e. The fourth-order valence-corrected chi connectivity index (χ4v) is 3.19. The average Bonchev–Trinajstić information content (AvgIpc) is 2.45. The monoisotopic (exact) mass is 333 g/mol. The van der Waals surface area contributed by atoms with E-state index in [1.165, 1.54) is 5.56 Å². The van der Waals surface area contributed by atoms with Gasteiger partial charge >= 0.3 is 0 Å².